The summed E-state index contributed by atoms with van der Waals surface area (Å²) in [5.41, 5.74) is 5.39. The number of unbranched alkanes of at least 4 members (excludes halogenated alkanes) is 31. The maximum absolute atomic E-state index is 12.8. The third-order valence-electron chi connectivity index (χ3n) is 11.6. The van der Waals surface area contributed by atoms with Crippen LogP contribution in [0.25, 0.3) is 0 Å². The highest BCUT2D eigenvalue weighted by Crippen LogP contribution is 2.43. The van der Waals surface area contributed by atoms with Gasteiger partial charge in [0.15, 0.2) is 0 Å². The first-order chi connectivity index (χ1) is 30.4. The average molecular weight is 893 g/mol. The van der Waals surface area contributed by atoms with Crippen molar-refractivity contribution < 1.29 is 28.4 Å². The van der Waals surface area contributed by atoms with Gasteiger partial charge in [-0.1, -0.05) is 229 Å². The molecule has 0 radical (unpaired) electrons. The van der Waals surface area contributed by atoms with Gasteiger partial charge >= 0.3 is 7.82 Å². The van der Waals surface area contributed by atoms with Crippen LogP contribution in [0, 0.1) is 0 Å². The Labute approximate surface area is 383 Å². The largest absolute Gasteiger partial charge is 0.472 e. The quantitative estimate of drug-likeness (QED) is 0.0272. The van der Waals surface area contributed by atoms with Crippen LogP contribution in [-0.2, 0) is 18.4 Å². The number of nitrogens with one attached hydrogen (secondary N) is 1. The van der Waals surface area contributed by atoms with Gasteiger partial charge < -0.3 is 21.1 Å². The van der Waals surface area contributed by atoms with Crippen LogP contribution in [0.3, 0.4) is 0 Å². The van der Waals surface area contributed by atoms with E-state index in [2.05, 4.69) is 55.6 Å². The fourth-order valence-corrected chi connectivity index (χ4v) is 8.41. The number of phosphoric ester groups is 1. The molecule has 0 rings (SSSR count). The van der Waals surface area contributed by atoms with Gasteiger partial charge in [0.05, 0.1) is 25.4 Å². The number of hydrogen-bond acceptors (Lipinski definition) is 6. The highest BCUT2D eigenvalue weighted by Gasteiger charge is 2.26. The second-order valence-electron chi connectivity index (χ2n) is 17.7. The number of aliphatic hydroxyl groups is 1. The minimum Gasteiger partial charge on any atom is -0.387 e. The average Bonchev–Trinajstić information content (AvgIpc) is 3.26. The first-order valence-electron chi connectivity index (χ1n) is 26.3. The molecule has 0 aliphatic rings. The molecule has 0 aliphatic heterocycles. The van der Waals surface area contributed by atoms with Gasteiger partial charge in [0.2, 0.25) is 5.91 Å². The molecular weight excluding hydrogens is 792 g/mol. The Morgan fingerprint density at radius 3 is 1.34 bits per heavy atom. The Bertz CT molecular complexity index is 1110. The summed E-state index contributed by atoms with van der Waals surface area (Å²) in [4.78, 5) is 22.8. The Morgan fingerprint density at radius 1 is 0.532 bits per heavy atom. The predicted molar refractivity (Wildman–Crippen MR) is 267 cm³/mol. The van der Waals surface area contributed by atoms with Crippen LogP contribution < -0.4 is 11.1 Å². The lowest BCUT2D eigenvalue weighted by molar-refractivity contribution is -0.123. The topological polar surface area (TPSA) is 131 Å². The number of hydrogen-bond donors (Lipinski definition) is 4. The smallest absolute Gasteiger partial charge is 0.387 e. The zero-order chi connectivity index (χ0) is 45.3. The van der Waals surface area contributed by atoms with Crippen LogP contribution >= 0.6 is 7.82 Å². The maximum Gasteiger partial charge on any atom is 0.472 e. The van der Waals surface area contributed by atoms with Crippen molar-refractivity contribution in [1.82, 2.24) is 5.32 Å². The Kier molecular flexibility index (Phi) is 47.7. The number of rotatable bonds is 49. The van der Waals surface area contributed by atoms with Crippen molar-refractivity contribution in [3.63, 3.8) is 0 Å². The van der Waals surface area contributed by atoms with Crippen LogP contribution in [0.4, 0.5) is 0 Å². The van der Waals surface area contributed by atoms with Crippen LogP contribution in [0.2, 0.25) is 0 Å². The van der Waals surface area contributed by atoms with E-state index in [4.69, 9.17) is 14.8 Å². The number of phosphoric acid groups is 1. The lowest BCUT2D eigenvalue weighted by Crippen LogP contribution is -2.45. The molecule has 0 saturated heterocycles. The minimum atomic E-state index is -4.35. The molecule has 0 heterocycles. The van der Waals surface area contributed by atoms with Gasteiger partial charge in [-0.05, 0) is 64.2 Å². The van der Waals surface area contributed by atoms with Crippen LogP contribution in [0.1, 0.15) is 251 Å². The van der Waals surface area contributed by atoms with Gasteiger partial charge in [0.25, 0.3) is 0 Å². The van der Waals surface area contributed by atoms with E-state index in [9.17, 15) is 19.4 Å². The molecule has 0 aromatic rings. The molecule has 9 heteroatoms. The third kappa shape index (κ3) is 46.5. The summed E-state index contributed by atoms with van der Waals surface area (Å²) in [5, 5.41) is 13.7. The number of carbonyl (C=O) groups is 1. The van der Waals surface area contributed by atoms with E-state index in [1.807, 2.05) is 6.08 Å². The molecule has 3 atom stereocenters. The van der Waals surface area contributed by atoms with Crippen LogP contribution in [0.5, 0.6) is 0 Å². The van der Waals surface area contributed by atoms with Gasteiger partial charge in [-0.3, -0.25) is 13.8 Å². The van der Waals surface area contributed by atoms with Crippen LogP contribution in [0.15, 0.2) is 48.6 Å². The molecule has 62 heavy (non-hydrogen) atoms. The second-order valence-corrected chi connectivity index (χ2v) is 19.2. The van der Waals surface area contributed by atoms with Gasteiger partial charge in [0.1, 0.15) is 0 Å². The molecule has 1 amide bonds. The van der Waals surface area contributed by atoms with Crippen LogP contribution in [-0.4, -0.2) is 47.8 Å². The summed E-state index contributed by atoms with van der Waals surface area (Å²) in [7, 11) is -4.35. The van der Waals surface area contributed by atoms with E-state index in [1.165, 1.54) is 186 Å². The molecule has 8 nitrogen and oxygen atoms in total. The normalized spacial score (nSPS) is 14.2. The summed E-state index contributed by atoms with van der Waals surface area (Å²) in [6, 6.07) is -0.880. The number of amides is 1. The molecule has 3 unspecified atom stereocenters. The molecule has 0 aromatic heterocycles. The maximum atomic E-state index is 12.8. The highest BCUT2D eigenvalue weighted by molar-refractivity contribution is 7.47. The Balaban J connectivity index is 4.12. The lowest BCUT2D eigenvalue weighted by atomic mass is 10.0. The molecule has 0 fully saturated rings. The van der Waals surface area contributed by atoms with Gasteiger partial charge in [-0.2, -0.15) is 0 Å². The highest BCUT2D eigenvalue weighted by atomic mass is 31.2. The van der Waals surface area contributed by atoms with Crippen molar-refractivity contribution in [2.45, 2.75) is 264 Å². The van der Waals surface area contributed by atoms with Crippen molar-refractivity contribution in [2.75, 3.05) is 19.8 Å². The van der Waals surface area contributed by atoms with Gasteiger partial charge in [-0.15, -0.1) is 0 Å². The molecule has 0 saturated carbocycles. The van der Waals surface area contributed by atoms with Crippen molar-refractivity contribution in [2.24, 2.45) is 5.73 Å². The van der Waals surface area contributed by atoms with E-state index in [0.29, 0.717) is 6.42 Å². The van der Waals surface area contributed by atoms with Gasteiger partial charge in [-0.25, -0.2) is 4.57 Å². The third-order valence-corrected chi connectivity index (χ3v) is 12.6. The van der Waals surface area contributed by atoms with E-state index >= 15 is 0 Å². The molecular formula is C53H101N2O6P. The second kappa shape index (κ2) is 48.9. The van der Waals surface area contributed by atoms with Crippen molar-refractivity contribution in [3.8, 4) is 0 Å². The van der Waals surface area contributed by atoms with E-state index in [0.717, 1.165) is 44.9 Å². The molecule has 0 aliphatic carbocycles. The van der Waals surface area contributed by atoms with Gasteiger partial charge in [0, 0.05) is 13.0 Å². The Hall–Kier alpha value is -1.54. The van der Waals surface area contributed by atoms with Crippen molar-refractivity contribution in [1.29, 1.82) is 0 Å². The first kappa shape index (κ1) is 60.5. The van der Waals surface area contributed by atoms with E-state index in [1.54, 1.807) is 6.08 Å². The fraction of sp³-hybridized carbons (Fsp3) is 0.830. The summed E-state index contributed by atoms with van der Waals surface area (Å²) < 4.78 is 22.2. The molecule has 0 bridgehead atoms. The molecule has 0 spiro atoms. The summed E-state index contributed by atoms with van der Waals surface area (Å²) >= 11 is 0. The molecule has 364 valence electrons. The summed E-state index contributed by atoms with van der Waals surface area (Å²) in [5.74, 6) is -0.205. The monoisotopic (exact) mass is 893 g/mol. The van der Waals surface area contributed by atoms with Crippen molar-refractivity contribution in [3.05, 3.63) is 48.6 Å². The predicted octanol–water partition coefficient (Wildman–Crippen LogP) is 15.6. The summed E-state index contributed by atoms with van der Waals surface area (Å²) in [6.45, 7) is 4.13. The first-order valence-corrected chi connectivity index (χ1v) is 27.8. The van der Waals surface area contributed by atoms with E-state index in [-0.39, 0.29) is 25.7 Å². The summed E-state index contributed by atoms with van der Waals surface area (Å²) in [6.07, 6.45) is 61.8. The number of nitrogens with two attached hydrogens (primary N) is 1. The fourth-order valence-electron chi connectivity index (χ4n) is 7.65. The number of aliphatic hydroxyl groups excluding tert-OH is 1. The standard InChI is InChI=1S/C53H101N2O6P/c1-3-5-7-9-11-13-15-17-19-21-23-25-26-27-29-31-33-35-37-39-41-43-45-47-53(57)55-51(50-61-62(58,59)60-49-48-54)52(56)46-44-42-40-38-36-34-32-30-28-24-22-20-18-16-14-12-10-8-6-4-2/h15,17,21,23,36,38,44,46,51-52,56H,3-14,16,18-20,22,24-35,37,39-43,45,47-50,54H2,1-2H3,(H,55,57)(H,58,59)/b17-15-,23-21-,38-36+,46-44+. The minimum absolute atomic E-state index is 0.0730. The lowest BCUT2D eigenvalue weighted by Gasteiger charge is -2.23. The zero-order valence-corrected chi connectivity index (χ0v) is 41.5. The number of carbonyl (C=O) groups excluding carboxylic acids is 1. The molecule has 5 N–H and O–H groups in total. The SMILES string of the molecule is CCCCCCC/C=C\C/C=C\CCCCCCCCCCCCCC(=O)NC(COP(=O)(O)OCCN)C(O)/C=C/CC/C=C/CCCCCCCCCCCCCCCC. The molecule has 0 aromatic carbocycles. The van der Waals surface area contributed by atoms with E-state index < -0.39 is 20.0 Å². The Morgan fingerprint density at radius 2 is 0.903 bits per heavy atom. The zero-order valence-electron chi connectivity index (χ0n) is 40.6. The van der Waals surface area contributed by atoms with Crippen molar-refractivity contribution >= 4 is 13.7 Å². The number of allylic oxidation sites excluding steroid dienone is 7.